The van der Waals surface area contributed by atoms with Gasteiger partial charge in [-0.1, -0.05) is 24.3 Å². The van der Waals surface area contributed by atoms with Crippen molar-refractivity contribution in [2.45, 2.75) is 63.4 Å². The molecule has 1 aromatic carbocycles. The number of nitrogens with zero attached hydrogens (tertiary/aromatic N) is 3. The maximum Gasteiger partial charge on any atom is 0.310 e. The predicted octanol–water partition coefficient (Wildman–Crippen LogP) is 0.656. The van der Waals surface area contributed by atoms with Crippen LogP contribution in [0.5, 0.6) is 0 Å². The number of nitrogens with one attached hydrogen (secondary N) is 2. The highest BCUT2D eigenvalue weighted by molar-refractivity contribution is 6.06. The van der Waals surface area contributed by atoms with Crippen LogP contribution in [0.2, 0.25) is 0 Å². The van der Waals surface area contributed by atoms with Crippen molar-refractivity contribution in [1.29, 1.82) is 0 Å². The van der Waals surface area contributed by atoms with Gasteiger partial charge in [0, 0.05) is 31.2 Å². The number of hydrogen-bond acceptors (Lipinski definition) is 8. The molecule has 3 saturated heterocycles. The summed E-state index contributed by atoms with van der Waals surface area (Å²) in [7, 11) is 0. The molecule has 0 saturated carbocycles. The van der Waals surface area contributed by atoms with Crippen molar-refractivity contribution >= 4 is 40.4 Å². The molecule has 0 aliphatic carbocycles. The first-order valence-corrected chi connectivity index (χ1v) is 12.8. The molecule has 4 amide bonds. The fourth-order valence-electron chi connectivity index (χ4n) is 5.18. The van der Waals surface area contributed by atoms with Crippen LogP contribution in [0.4, 0.5) is 0 Å². The highest BCUT2D eigenvalue weighted by Gasteiger charge is 2.46. The minimum absolute atomic E-state index is 0.0296. The van der Waals surface area contributed by atoms with Gasteiger partial charge >= 0.3 is 5.97 Å². The third-order valence-electron chi connectivity index (χ3n) is 6.98. The summed E-state index contributed by atoms with van der Waals surface area (Å²) in [5.74, 6) is -2.41. The Morgan fingerprint density at radius 3 is 2.76 bits per heavy atom. The summed E-state index contributed by atoms with van der Waals surface area (Å²) in [5, 5.41) is 9.45. The number of hydrogen-bond donors (Lipinski definition) is 2. The minimum atomic E-state index is -1.03. The number of hydrazine groups is 1. The van der Waals surface area contributed by atoms with Gasteiger partial charge in [-0.25, -0.2) is 5.01 Å². The Kier molecular flexibility index (Phi) is 7.23. The third kappa shape index (κ3) is 4.91. The Morgan fingerprint density at radius 2 is 1.95 bits per heavy atom. The Morgan fingerprint density at radius 1 is 1.13 bits per heavy atom. The average Bonchev–Trinajstić information content (AvgIpc) is 3.21. The standard InChI is InChI=1S/C26H29N5O7/c1-2-37-26-18(14-21(33)38-26)29-23(34)19-8-5-13-30-20(32)10-9-17(25(36)31(19)30)28-24(35)22-16-7-4-3-6-15(16)11-12-27-22/h3-4,6-7,11-12,17-19,26H,2,5,8-10,13-14H2,1H3,(H,28,35)(H,29,34)/t17-,18+,19-,26+/m1/s1. The van der Waals surface area contributed by atoms with E-state index in [2.05, 4.69) is 15.6 Å². The van der Waals surface area contributed by atoms with Gasteiger partial charge in [0.25, 0.3) is 11.8 Å². The van der Waals surface area contributed by atoms with E-state index in [4.69, 9.17) is 9.47 Å². The van der Waals surface area contributed by atoms with Gasteiger partial charge in [0.15, 0.2) is 0 Å². The highest BCUT2D eigenvalue weighted by Crippen LogP contribution is 2.26. The maximum atomic E-state index is 13.7. The van der Waals surface area contributed by atoms with Crippen LogP contribution in [-0.2, 0) is 28.7 Å². The second kappa shape index (κ2) is 10.7. The van der Waals surface area contributed by atoms with Crippen LogP contribution < -0.4 is 10.6 Å². The Balaban J connectivity index is 1.36. The van der Waals surface area contributed by atoms with E-state index in [0.29, 0.717) is 18.2 Å². The normalized spacial score (nSPS) is 25.6. The molecule has 4 atom stereocenters. The SMILES string of the molecule is CCO[C@H]1OC(=O)C[C@@H]1NC(=O)[C@H]1CCCN2C(=O)CC[C@@H](NC(=O)c3nccc4ccccc34)C(=O)N12. The van der Waals surface area contributed by atoms with E-state index >= 15 is 0 Å². The molecule has 2 aromatic rings. The summed E-state index contributed by atoms with van der Waals surface area (Å²) in [5.41, 5.74) is 0.170. The first-order chi connectivity index (χ1) is 18.4. The predicted molar refractivity (Wildman–Crippen MR) is 132 cm³/mol. The smallest absolute Gasteiger partial charge is 0.310 e. The summed E-state index contributed by atoms with van der Waals surface area (Å²) in [4.78, 5) is 69.3. The second-order valence-electron chi connectivity index (χ2n) is 9.44. The van der Waals surface area contributed by atoms with E-state index in [0.717, 1.165) is 5.39 Å². The lowest BCUT2D eigenvalue weighted by Gasteiger charge is -2.43. The quantitative estimate of drug-likeness (QED) is 0.525. The van der Waals surface area contributed by atoms with Crippen molar-refractivity contribution in [2.75, 3.05) is 13.2 Å². The molecule has 0 radical (unpaired) electrons. The monoisotopic (exact) mass is 523 g/mol. The fraction of sp³-hybridized carbons (Fsp3) is 0.462. The Hall–Kier alpha value is -4.06. The lowest BCUT2D eigenvalue weighted by atomic mass is 10.0. The molecule has 0 spiro atoms. The fourth-order valence-corrected chi connectivity index (χ4v) is 5.18. The lowest BCUT2D eigenvalue weighted by molar-refractivity contribution is -0.177. The zero-order valence-corrected chi connectivity index (χ0v) is 20.9. The number of ether oxygens (including phenoxy) is 2. The van der Waals surface area contributed by atoms with Crippen molar-refractivity contribution in [3.63, 3.8) is 0 Å². The molecule has 2 N–H and O–H groups in total. The van der Waals surface area contributed by atoms with E-state index < -0.39 is 48.1 Å². The number of carbonyl (C=O) groups excluding carboxylic acids is 5. The molecule has 0 unspecified atom stereocenters. The number of carbonyl (C=O) groups is 5. The Labute approximate surface area is 218 Å². The lowest BCUT2D eigenvalue weighted by Crippen LogP contribution is -2.64. The van der Waals surface area contributed by atoms with Gasteiger partial charge in [-0.05, 0) is 37.6 Å². The molecule has 5 rings (SSSR count). The minimum Gasteiger partial charge on any atom is -0.433 e. The number of amides is 4. The molecule has 0 bridgehead atoms. The average molecular weight is 524 g/mol. The van der Waals surface area contributed by atoms with Gasteiger partial charge in [-0.2, -0.15) is 0 Å². The number of esters is 1. The number of aromatic nitrogens is 1. The van der Waals surface area contributed by atoms with Crippen LogP contribution >= 0.6 is 0 Å². The number of rotatable bonds is 6. The largest absolute Gasteiger partial charge is 0.433 e. The van der Waals surface area contributed by atoms with Crippen molar-refractivity contribution in [2.24, 2.45) is 0 Å². The summed E-state index contributed by atoms with van der Waals surface area (Å²) in [6.45, 7) is 2.31. The van der Waals surface area contributed by atoms with Crippen molar-refractivity contribution in [3.8, 4) is 0 Å². The van der Waals surface area contributed by atoms with Gasteiger partial charge in [0.05, 0.1) is 6.42 Å². The topological polar surface area (TPSA) is 147 Å². The first kappa shape index (κ1) is 25.6. The molecular formula is C26H29N5O7. The van der Waals surface area contributed by atoms with Crippen LogP contribution in [0.3, 0.4) is 0 Å². The molecule has 1 aromatic heterocycles. The molecule has 12 nitrogen and oxygen atoms in total. The van der Waals surface area contributed by atoms with Gasteiger partial charge < -0.3 is 20.1 Å². The summed E-state index contributed by atoms with van der Waals surface area (Å²) in [6, 6.07) is 6.33. The van der Waals surface area contributed by atoms with E-state index in [1.807, 2.05) is 12.1 Å². The molecule has 12 heteroatoms. The Bertz CT molecular complexity index is 1280. The number of fused-ring (bicyclic) bond motifs is 2. The van der Waals surface area contributed by atoms with Crippen LogP contribution in [0.15, 0.2) is 36.5 Å². The van der Waals surface area contributed by atoms with Crippen LogP contribution in [0.1, 0.15) is 49.5 Å². The number of cyclic esters (lactones) is 1. The van der Waals surface area contributed by atoms with Crippen molar-refractivity contribution < 1.29 is 33.4 Å². The zero-order chi connectivity index (χ0) is 26.8. The summed E-state index contributed by atoms with van der Waals surface area (Å²) < 4.78 is 10.5. The molecule has 3 aliphatic rings. The van der Waals surface area contributed by atoms with Gasteiger partial charge in [0.2, 0.25) is 18.1 Å². The zero-order valence-electron chi connectivity index (χ0n) is 20.9. The molecule has 38 heavy (non-hydrogen) atoms. The van der Waals surface area contributed by atoms with E-state index in [1.165, 1.54) is 16.2 Å². The summed E-state index contributed by atoms with van der Waals surface area (Å²) in [6.07, 6.45) is 1.49. The number of benzene rings is 1. The van der Waals surface area contributed by atoms with E-state index in [1.54, 1.807) is 25.1 Å². The van der Waals surface area contributed by atoms with Crippen molar-refractivity contribution in [3.05, 3.63) is 42.2 Å². The number of pyridine rings is 1. The molecule has 200 valence electrons. The van der Waals surface area contributed by atoms with E-state index in [-0.39, 0.29) is 44.0 Å². The van der Waals surface area contributed by atoms with Gasteiger partial charge in [0.1, 0.15) is 23.8 Å². The van der Waals surface area contributed by atoms with Crippen LogP contribution in [-0.4, -0.2) is 82.2 Å². The van der Waals surface area contributed by atoms with Crippen molar-refractivity contribution in [1.82, 2.24) is 25.6 Å². The third-order valence-corrected chi connectivity index (χ3v) is 6.98. The highest BCUT2D eigenvalue weighted by atomic mass is 16.7. The maximum absolute atomic E-state index is 13.7. The van der Waals surface area contributed by atoms with Crippen LogP contribution in [0, 0.1) is 0 Å². The molecule has 3 aliphatic heterocycles. The summed E-state index contributed by atoms with van der Waals surface area (Å²) >= 11 is 0. The van der Waals surface area contributed by atoms with Gasteiger partial charge in [-0.3, -0.25) is 34.0 Å². The first-order valence-electron chi connectivity index (χ1n) is 12.8. The van der Waals surface area contributed by atoms with Crippen LogP contribution in [0.25, 0.3) is 10.8 Å². The molecule has 4 heterocycles. The second-order valence-corrected chi connectivity index (χ2v) is 9.44. The molecular weight excluding hydrogens is 494 g/mol. The van der Waals surface area contributed by atoms with Gasteiger partial charge in [-0.15, -0.1) is 0 Å². The molecule has 3 fully saturated rings. The van der Waals surface area contributed by atoms with E-state index in [9.17, 15) is 24.0 Å².